The van der Waals surface area contributed by atoms with Crippen molar-refractivity contribution < 1.29 is 9.29 Å². The lowest BCUT2D eigenvalue weighted by atomic mass is 9.95. The maximum absolute atomic E-state index is 12.7. The average molecular weight is 334 g/mol. The van der Waals surface area contributed by atoms with E-state index in [1.54, 1.807) is 0 Å². The summed E-state index contributed by atoms with van der Waals surface area (Å²) in [5.41, 5.74) is 2.34. The maximum Gasteiger partial charge on any atom is 0.243 e. The highest BCUT2D eigenvalue weighted by atomic mass is 35.5. The third kappa shape index (κ3) is 2.36. The number of rotatable bonds is 2. The van der Waals surface area contributed by atoms with Crippen LogP contribution in [0.4, 0.5) is 5.00 Å². The van der Waals surface area contributed by atoms with E-state index in [-0.39, 0.29) is 5.92 Å². The zero-order valence-electron chi connectivity index (χ0n) is 12.0. The summed E-state index contributed by atoms with van der Waals surface area (Å²) in [5, 5.41) is 1.66. The van der Waals surface area contributed by atoms with Gasteiger partial charge < -0.3 is 14.2 Å². The first-order valence-electron chi connectivity index (χ1n) is 7.38. The molecule has 2 aliphatic rings. The molecule has 0 N–H and O–H groups in total. The van der Waals surface area contributed by atoms with Crippen molar-refractivity contribution in [1.29, 1.82) is 0 Å². The highest BCUT2D eigenvalue weighted by molar-refractivity contribution is 7.30. The number of morpholine rings is 1. The molecule has 114 valence electrons. The first-order valence-corrected chi connectivity index (χ1v) is 8.91. The standard InChI is InChI=1S/C17H16ClNO2S/c18-13-3-1-12(2-4-13)14-5-6-16-15(14)11-17(22(16)20)19-7-9-21-10-8-19/h1-6,11,14H,7-10H2. The Balaban J connectivity index is 1.70. The molecule has 4 rings (SSSR count). The Morgan fingerprint density at radius 1 is 1.18 bits per heavy atom. The van der Waals surface area contributed by atoms with Crippen LogP contribution in [-0.2, 0) is 4.74 Å². The molecule has 2 heterocycles. The van der Waals surface area contributed by atoms with Crippen LogP contribution in [0.2, 0.25) is 5.02 Å². The second kappa shape index (κ2) is 5.70. The SMILES string of the molecule is [O-][s+]1c(N2CCOCC2)cc2c1C=CC2c1ccc(Cl)cc1. The third-order valence-corrected chi connectivity index (χ3v) is 6.06. The van der Waals surface area contributed by atoms with Crippen molar-refractivity contribution in [1.82, 2.24) is 0 Å². The average Bonchev–Trinajstić information content (AvgIpc) is 3.10. The van der Waals surface area contributed by atoms with Gasteiger partial charge in [-0.25, -0.2) is 0 Å². The van der Waals surface area contributed by atoms with Crippen LogP contribution in [0.15, 0.2) is 36.4 Å². The van der Waals surface area contributed by atoms with Crippen LogP contribution >= 0.6 is 22.4 Å². The van der Waals surface area contributed by atoms with Crippen LogP contribution in [-0.4, -0.2) is 30.9 Å². The van der Waals surface area contributed by atoms with E-state index in [1.807, 2.05) is 30.3 Å². The monoisotopic (exact) mass is 333 g/mol. The van der Waals surface area contributed by atoms with Gasteiger partial charge >= 0.3 is 0 Å². The fraction of sp³-hybridized carbons (Fsp3) is 0.294. The quantitative estimate of drug-likeness (QED) is 0.777. The van der Waals surface area contributed by atoms with E-state index in [4.69, 9.17) is 16.3 Å². The molecule has 3 nitrogen and oxygen atoms in total. The summed E-state index contributed by atoms with van der Waals surface area (Å²) in [5.74, 6) is 0.176. The summed E-state index contributed by atoms with van der Waals surface area (Å²) in [7, 11) is -1.06. The van der Waals surface area contributed by atoms with Gasteiger partial charge in [-0.05, 0) is 34.5 Å². The molecule has 1 aromatic heterocycles. The lowest BCUT2D eigenvalue weighted by molar-refractivity contribution is 0.123. The number of hydrogen-bond donors (Lipinski definition) is 0. The Kier molecular flexibility index (Phi) is 3.70. The second-order valence-corrected chi connectivity index (χ2v) is 7.39. The fourth-order valence-corrected chi connectivity index (χ4v) is 4.72. The molecule has 2 atom stereocenters. The lowest BCUT2D eigenvalue weighted by Crippen LogP contribution is -2.35. The summed E-state index contributed by atoms with van der Waals surface area (Å²) in [6.45, 7) is 3.03. The lowest BCUT2D eigenvalue weighted by Gasteiger charge is -2.25. The Morgan fingerprint density at radius 2 is 1.91 bits per heavy atom. The highest BCUT2D eigenvalue weighted by Gasteiger charge is 2.31. The van der Waals surface area contributed by atoms with Crippen molar-refractivity contribution in [3.8, 4) is 0 Å². The predicted molar refractivity (Wildman–Crippen MR) is 90.5 cm³/mol. The van der Waals surface area contributed by atoms with Gasteiger partial charge in [0.25, 0.3) is 0 Å². The minimum Gasteiger partial charge on any atom is -0.589 e. The van der Waals surface area contributed by atoms with Gasteiger partial charge in [-0.3, -0.25) is 0 Å². The molecule has 0 bridgehead atoms. The Morgan fingerprint density at radius 3 is 2.64 bits per heavy atom. The van der Waals surface area contributed by atoms with Crippen LogP contribution < -0.4 is 4.90 Å². The first-order chi connectivity index (χ1) is 10.7. The Hall–Kier alpha value is -1.33. The normalized spacial score (nSPS) is 21.3. The molecule has 2 aromatic rings. The van der Waals surface area contributed by atoms with Gasteiger partial charge in [-0.2, -0.15) is 0 Å². The first kappa shape index (κ1) is 14.3. The molecule has 2 unspecified atom stereocenters. The van der Waals surface area contributed by atoms with Crippen molar-refractivity contribution in [3.63, 3.8) is 0 Å². The van der Waals surface area contributed by atoms with Crippen molar-refractivity contribution in [2.24, 2.45) is 0 Å². The number of nitrogens with zero attached hydrogens (tertiary/aromatic N) is 1. The number of halogens is 1. The molecule has 0 amide bonds. The molecule has 5 heteroatoms. The summed E-state index contributed by atoms with van der Waals surface area (Å²) in [4.78, 5) is 3.13. The zero-order chi connectivity index (χ0) is 15.1. The second-order valence-electron chi connectivity index (χ2n) is 5.56. The summed E-state index contributed by atoms with van der Waals surface area (Å²) < 4.78 is 18.1. The molecule has 1 saturated heterocycles. The molecular weight excluding hydrogens is 318 g/mol. The van der Waals surface area contributed by atoms with Crippen LogP contribution in [0.3, 0.4) is 0 Å². The van der Waals surface area contributed by atoms with E-state index < -0.39 is 10.8 Å². The summed E-state index contributed by atoms with van der Waals surface area (Å²) >= 11 is 5.97. The van der Waals surface area contributed by atoms with Crippen molar-refractivity contribution >= 4 is 33.4 Å². The van der Waals surface area contributed by atoms with Crippen molar-refractivity contribution in [2.75, 3.05) is 31.2 Å². The van der Waals surface area contributed by atoms with Crippen LogP contribution in [0.25, 0.3) is 6.08 Å². The number of allylic oxidation sites excluding steroid dienone is 1. The van der Waals surface area contributed by atoms with E-state index in [2.05, 4.69) is 17.0 Å². The van der Waals surface area contributed by atoms with Crippen LogP contribution in [0.1, 0.15) is 21.9 Å². The predicted octanol–water partition coefficient (Wildman–Crippen LogP) is 4.06. The molecule has 1 aliphatic carbocycles. The van der Waals surface area contributed by atoms with Gasteiger partial charge in [-0.1, -0.05) is 29.8 Å². The van der Waals surface area contributed by atoms with Crippen molar-refractivity contribution in [2.45, 2.75) is 5.92 Å². The molecule has 0 radical (unpaired) electrons. The summed E-state index contributed by atoms with van der Waals surface area (Å²) in [6.07, 6.45) is 4.13. The highest BCUT2D eigenvalue weighted by Crippen LogP contribution is 2.48. The molecular formula is C17H16ClNO2S. The molecule has 0 saturated carbocycles. The third-order valence-electron chi connectivity index (χ3n) is 4.28. The molecule has 1 aromatic carbocycles. The Labute approximate surface area is 137 Å². The largest absolute Gasteiger partial charge is 0.589 e. The van der Waals surface area contributed by atoms with Gasteiger partial charge in [0, 0.05) is 35.7 Å². The number of fused-ring (bicyclic) bond motifs is 1. The topological polar surface area (TPSA) is 35.5 Å². The van der Waals surface area contributed by atoms with Gasteiger partial charge in [0.2, 0.25) is 5.00 Å². The van der Waals surface area contributed by atoms with Crippen LogP contribution in [0.5, 0.6) is 0 Å². The van der Waals surface area contributed by atoms with Gasteiger partial charge in [0.15, 0.2) is 4.88 Å². The number of thiophene rings is 1. The number of hydrogen-bond acceptors (Lipinski definition) is 3. The van der Waals surface area contributed by atoms with E-state index in [0.717, 1.165) is 33.6 Å². The minimum absolute atomic E-state index is 0.176. The van der Waals surface area contributed by atoms with E-state index in [1.165, 1.54) is 5.56 Å². The van der Waals surface area contributed by atoms with E-state index >= 15 is 0 Å². The van der Waals surface area contributed by atoms with Crippen molar-refractivity contribution in [3.05, 3.63) is 57.4 Å². The van der Waals surface area contributed by atoms with Gasteiger partial charge in [0.1, 0.15) is 0 Å². The number of ether oxygens (including phenoxy) is 1. The number of benzene rings is 1. The molecule has 1 aliphatic heterocycles. The van der Waals surface area contributed by atoms with Gasteiger partial charge in [-0.15, -0.1) is 0 Å². The fourth-order valence-electron chi connectivity index (χ4n) is 3.12. The van der Waals surface area contributed by atoms with E-state index in [9.17, 15) is 4.55 Å². The van der Waals surface area contributed by atoms with E-state index in [0.29, 0.717) is 13.2 Å². The number of anilines is 1. The molecule has 0 spiro atoms. The zero-order valence-corrected chi connectivity index (χ0v) is 13.6. The summed E-state index contributed by atoms with van der Waals surface area (Å²) in [6, 6.07) is 9.99. The van der Waals surface area contributed by atoms with Gasteiger partial charge in [0.05, 0.1) is 13.2 Å². The molecule has 1 fully saturated rings. The Bertz CT molecular complexity index is 717. The van der Waals surface area contributed by atoms with Crippen LogP contribution in [0, 0.1) is 0 Å². The molecule has 22 heavy (non-hydrogen) atoms. The minimum atomic E-state index is -1.06. The smallest absolute Gasteiger partial charge is 0.243 e. The maximum atomic E-state index is 12.7.